The molecule has 0 radical (unpaired) electrons. The Bertz CT molecular complexity index is 593. The lowest BCUT2D eigenvalue weighted by Gasteiger charge is -2.30. The van der Waals surface area contributed by atoms with Crippen LogP contribution >= 0.6 is 0 Å². The molecule has 0 aromatic carbocycles. The fourth-order valence-corrected chi connectivity index (χ4v) is 2.62. The van der Waals surface area contributed by atoms with Crippen molar-refractivity contribution >= 4 is 17.5 Å². The van der Waals surface area contributed by atoms with Gasteiger partial charge in [0.15, 0.2) is 0 Å². The number of nitrogens with one attached hydrogen (secondary N) is 1. The highest BCUT2D eigenvalue weighted by Crippen LogP contribution is 2.25. The Morgan fingerprint density at radius 1 is 1.48 bits per heavy atom. The van der Waals surface area contributed by atoms with Crippen molar-refractivity contribution in [2.75, 3.05) is 25.0 Å². The first-order valence-electron chi connectivity index (χ1n) is 7.86. The molecule has 0 unspecified atom stereocenters. The van der Waals surface area contributed by atoms with Gasteiger partial charge in [-0.1, -0.05) is 6.58 Å². The van der Waals surface area contributed by atoms with Crippen LogP contribution in [0.25, 0.3) is 0 Å². The molecule has 0 spiro atoms. The molecule has 1 aliphatic heterocycles. The summed E-state index contributed by atoms with van der Waals surface area (Å²) in [6.45, 7) is 8.92. The number of likely N-dealkylation sites (tertiary alicyclic amines) is 1. The molecule has 124 valence electrons. The minimum atomic E-state index is -0.112. The van der Waals surface area contributed by atoms with Crippen molar-refractivity contribution in [3.05, 3.63) is 30.5 Å². The van der Waals surface area contributed by atoms with E-state index >= 15 is 0 Å². The summed E-state index contributed by atoms with van der Waals surface area (Å²) in [5, 5.41) is 2.91. The summed E-state index contributed by atoms with van der Waals surface area (Å²) in [6, 6.07) is 1.85. The van der Waals surface area contributed by atoms with E-state index in [4.69, 9.17) is 4.74 Å². The summed E-state index contributed by atoms with van der Waals surface area (Å²) in [5.41, 5.74) is 1.55. The van der Waals surface area contributed by atoms with E-state index in [1.165, 1.54) is 6.08 Å². The maximum absolute atomic E-state index is 12.5. The van der Waals surface area contributed by atoms with E-state index in [1.54, 1.807) is 11.1 Å². The largest absolute Gasteiger partial charge is 0.476 e. The molecule has 2 heterocycles. The molecule has 1 saturated heterocycles. The van der Waals surface area contributed by atoms with Gasteiger partial charge in [0.2, 0.25) is 17.7 Å². The number of rotatable bonds is 5. The average Bonchev–Trinajstić information content (AvgIpc) is 2.57. The lowest BCUT2D eigenvalue weighted by atomic mass is 9.95. The molecule has 23 heavy (non-hydrogen) atoms. The van der Waals surface area contributed by atoms with Gasteiger partial charge in [0.1, 0.15) is 5.69 Å². The number of hydrogen-bond acceptors (Lipinski definition) is 4. The number of carbonyl (C=O) groups excluding carboxylic acids is 2. The Morgan fingerprint density at radius 3 is 2.78 bits per heavy atom. The third kappa shape index (κ3) is 4.31. The highest BCUT2D eigenvalue weighted by atomic mass is 16.5. The molecule has 0 atom stereocenters. The van der Waals surface area contributed by atoms with Crippen LogP contribution in [0.15, 0.2) is 24.9 Å². The van der Waals surface area contributed by atoms with Gasteiger partial charge in [0.05, 0.1) is 6.61 Å². The molecule has 2 rings (SSSR count). The summed E-state index contributed by atoms with van der Waals surface area (Å²) in [4.78, 5) is 30.0. The topological polar surface area (TPSA) is 71.5 Å². The summed E-state index contributed by atoms with van der Waals surface area (Å²) in [5.74, 6) is 0.194. The number of nitrogens with zero attached hydrogens (tertiary/aromatic N) is 2. The number of aromatic nitrogens is 1. The van der Waals surface area contributed by atoms with Crippen molar-refractivity contribution < 1.29 is 14.3 Å². The van der Waals surface area contributed by atoms with Crippen LogP contribution in [0.4, 0.5) is 5.69 Å². The second-order valence-electron chi connectivity index (χ2n) is 5.59. The second kappa shape index (κ2) is 7.76. The van der Waals surface area contributed by atoms with Crippen LogP contribution in [0.5, 0.6) is 5.88 Å². The van der Waals surface area contributed by atoms with E-state index in [-0.39, 0.29) is 17.7 Å². The number of aryl methyl sites for hydroxylation is 1. The van der Waals surface area contributed by atoms with Crippen LogP contribution in [-0.2, 0) is 9.59 Å². The van der Waals surface area contributed by atoms with E-state index in [0.29, 0.717) is 44.1 Å². The van der Waals surface area contributed by atoms with Gasteiger partial charge in [0.25, 0.3) is 0 Å². The second-order valence-corrected chi connectivity index (χ2v) is 5.59. The van der Waals surface area contributed by atoms with Crippen LogP contribution in [0.2, 0.25) is 0 Å². The van der Waals surface area contributed by atoms with E-state index in [2.05, 4.69) is 16.9 Å². The number of ether oxygens (including phenoxy) is 1. The molecule has 1 aromatic heterocycles. The maximum atomic E-state index is 12.5. The van der Waals surface area contributed by atoms with Crippen molar-refractivity contribution in [3.63, 3.8) is 0 Å². The van der Waals surface area contributed by atoms with Crippen LogP contribution < -0.4 is 10.1 Å². The molecule has 6 nitrogen and oxygen atoms in total. The monoisotopic (exact) mass is 317 g/mol. The van der Waals surface area contributed by atoms with Crippen molar-refractivity contribution in [1.29, 1.82) is 0 Å². The molecule has 0 saturated carbocycles. The third-order valence-corrected chi connectivity index (χ3v) is 3.88. The molecule has 1 aliphatic rings. The smallest absolute Gasteiger partial charge is 0.245 e. The molecule has 2 amide bonds. The van der Waals surface area contributed by atoms with Crippen molar-refractivity contribution in [2.45, 2.75) is 26.7 Å². The third-order valence-electron chi connectivity index (χ3n) is 3.88. The number of pyridine rings is 1. The maximum Gasteiger partial charge on any atom is 0.245 e. The van der Waals surface area contributed by atoms with E-state index < -0.39 is 0 Å². The Labute approximate surface area is 136 Å². The fourth-order valence-electron chi connectivity index (χ4n) is 2.62. The number of anilines is 1. The Kier molecular flexibility index (Phi) is 5.73. The van der Waals surface area contributed by atoms with Gasteiger partial charge in [0, 0.05) is 25.2 Å². The molecule has 0 bridgehead atoms. The normalized spacial score (nSPS) is 15.1. The van der Waals surface area contributed by atoms with Crippen LogP contribution in [0, 0.1) is 12.8 Å². The summed E-state index contributed by atoms with van der Waals surface area (Å²) >= 11 is 0. The molecule has 1 N–H and O–H groups in total. The number of piperidine rings is 1. The first-order valence-corrected chi connectivity index (χ1v) is 7.86. The van der Waals surface area contributed by atoms with Crippen LogP contribution in [0.1, 0.15) is 25.3 Å². The van der Waals surface area contributed by atoms with Crippen molar-refractivity contribution in [2.24, 2.45) is 5.92 Å². The van der Waals surface area contributed by atoms with Gasteiger partial charge in [-0.3, -0.25) is 9.59 Å². The number of amides is 2. The minimum Gasteiger partial charge on any atom is -0.476 e. The first-order chi connectivity index (χ1) is 11.0. The number of carbonyl (C=O) groups is 2. The molecule has 6 heteroatoms. The lowest BCUT2D eigenvalue weighted by Crippen LogP contribution is -2.40. The fraction of sp³-hybridized carbons (Fsp3) is 0.471. The van der Waals surface area contributed by atoms with Gasteiger partial charge in [-0.2, -0.15) is 0 Å². The predicted molar refractivity (Wildman–Crippen MR) is 88.3 cm³/mol. The zero-order chi connectivity index (χ0) is 16.8. The SMILES string of the molecule is C=CC(=O)N1CCC(C(=O)Nc2cc(C)cnc2OCC)CC1. The summed E-state index contributed by atoms with van der Waals surface area (Å²) < 4.78 is 5.45. The average molecular weight is 317 g/mol. The van der Waals surface area contributed by atoms with Gasteiger partial charge < -0.3 is 15.0 Å². The first kappa shape index (κ1) is 17.0. The summed E-state index contributed by atoms with van der Waals surface area (Å²) in [6.07, 6.45) is 4.32. The quantitative estimate of drug-likeness (QED) is 0.845. The van der Waals surface area contributed by atoms with Crippen LogP contribution in [-0.4, -0.2) is 41.4 Å². The molecule has 1 aromatic rings. The standard InChI is InChI=1S/C17H23N3O3/c1-4-15(21)20-8-6-13(7-9-20)16(22)19-14-10-12(3)11-18-17(14)23-5-2/h4,10-11,13H,1,5-9H2,2-3H3,(H,19,22). The summed E-state index contributed by atoms with van der Waals surface area (Å²) in [7, 11) is 0. The minimum absolute atomic E-state index is 0.0518. The van der Waals surface area contributed by atoms with Gasteiger partial charge in [-0.15, -0.1) is 0 Å². The predicted octanol–water partition coefficient (Wildman–Crippen LogP) is 2.15. The van der Waals surface area contributed by atoms with Crippen LogP contribution in [0.3, 0.4) is 0 Å². The lowest BCUT2D eigenvalue weighted by molar-refractivity contribution is -0.130. The van der Waals surface area contributed by atoms with E-state index in [0.717, 1.165) is 5.56 Å². The highest BCUT2D eigenvalue weighted by molar-refractivity contribution is 5.94. The Morgan fingerprint density at radius 2 is 2.17 bits per heavy atom. The van der Waals surface area contributed by atoms with Crippen molar-refractivity contribution in [1.82, 2.24) is 9.88 Å². The number of hydrogen-bond donors (Lipinski definition) is 1. The molecule has 1 fully saturated rings. The van der Waals surface area contributed by atoms with Gasteiger partial charge in [-0.05, 0) is 44.4 Å². The highest BCUT2D eigenvalue weighted by Gasteiger charge is 2.27. The Balaban J connectivity index is 1.99. The van der Waals surface area contributed by atoms with Crippen molar-refractivity contribution in [3.8, 4) is 5.88 Å². The molecular formula is C17H23N3O3. The van der Waals surface area contributed by atoms with Gasteiger partial charge >= 0.3 is 0 Å². The Hall–Kier alpha value is -2.37. The molecule has 0 aliphatic carbocycles. The van der Waals surface area contributed by atoms with E-state index in [1.807, 2.05) is 19.9 Å². The van der Waals surface area contributed by atoms with E-state index in [9.17, 15) is 9.59 Å². The molecular weight excluding hydrogens is 294 g/mol. The zero-order valence-electron chi connectivity index (χ0n) is 13.7. The zero-order valence-corrected chi connectivity index (χ0v) is 13.7. The van der Waals surface area contributed by atoms with Gasteiger partial charge in [-0.25, -0.2) is 4.98 Å².